The van der Waals surface area contributed by atoms with E-state index in [4.69, 9.17) is 15.2 Å². The number of nitrogens with two attached hydrogens (primary N) is 1. The van der Waals surface area contributed by atoms with Gasteiger partial charge in [-0.25, -0.2) is 4.98 Å². The highest BCUT2D eigenvalue weighted by molar-refractivity contribution is 5.53. The third-order valence-corrected chi connectivity index (χ3v) is 4.73. The Morgan fingerprint density at radius 2 is 1.92 bits per heavy atom. The van der Waals surface area contributed by atoms with Crippen LogP contribution >= 0.6 is 0 Å². The molecule has 1 aromatic carbocycles. The Morgan fingerprint density at radius 1 is 1.15 bits per heavy atom. The van der Waals surface area contributed by atoms with E-state index in [-0.39, 0.29) is 6.04 Å². The van der Waals surface area contributed by atoms with E-state index in [0.29, 0.717) is 5.95 Å². The van der Waals surface area contributed by atoms with Gasteiger partial charge in [-0.1, -0.05) is 13.0 Å². The Balaban J connectivity index is 1.92. The van der Waals surface area contributed by atoms with E-state index in [1.165, 1.54) is 0 Å². The normalized spacial score (nSPS) is 14.9. The Hall–Kier alpha value is -2.54. The average Bonchev–Trinajstić information content (AvgIpc) is 2.90. The maximum absolute atomic E-state index is 5.95. The highest BCUT2D eigenvalue weighted by atomic mass is 16.5. The van der Waals surface area contributed by atoms with Gasteiger partial charge in [0.15, 0.2) is 11.5 Å². The van der Waals surface area contributed by atoms with E-state index < -0.39 is 0 Å². The first-order valence-corrected chi connectivity index (χ1v) is 9.00. The predicted molar refractivity (Wildman–Crippen MR) is 103 cm³/mol. The lowest BCUT2D eigenvalue weighted by Crippen LogP contribution is -2.17. The molecule has 0 aliphatic carbocycles. The number of nitrogens with zero attached hydrogens (tertiary/aromatic N) is 2. The van der Waals surface area contributed by atoms with Crippen LogP contribution in [0.5, 0.6) is 11.5 Å². The number of rotatable bonds is 6. The number of aromatic nitrogens is 2. The van der Waals surface area contributed by atoms with Crippen LogP contribution in [0.3, 0.4) is 0 Å². The number of benzene rings is 1. The minimum atomic E-state index is 0.0874. The van der Waals surface area contributed by atoms with Crippen LogP contribution in [0.25, 0.3) is 0 Å². The molecule has 4 N–H and O–H groups in total. The third-order valence-electron chi connectivity index (χ3n) is 4.73. The molecule has 0 saturated heterocycles. The smallest absolute Gasteiger partial charge is 0.222 e. The fourth-order valence-electron chi connectivity index (χ4n) is 3.34. The minimum absolute atomic E-state index is 0.0874. The van der Waals surface area contributed by atoms with Crippen molar-refractivity contribution in [3.63, 3.8) is 0 Å². The number of anilines is 2. The first-order valence-electron chi connectivity index (χ1n) is 9.00. The first kappa shape index (κ1) is 18.3. The molecule has 0 amide bonds. The van der Waals surface area contributed by atoms with Gasteiger partial charge in [-0.15, -0.1) is 0 Å². The largest absolute Gasteiger partial charge is 0.493 e. The zero-order chi connectivity index (χ0) is 18.5. The third kappa shape index (κ3) is 3.83. The predicted octanol–water partition coefficient (Wildman–Crippen LogP) is 2.33. The lowest BCUT2D eigenvalue weighted by atomic mass is 10.0. The van der Waals surface area contributed by atoms with E-state index in [0.717, 1.165) is 66.5 Å². The van der Waals surface area contributed by atoms with Crippen LogP contribution in [-0.4, -0.2) is 37.3 Å². The molecular weight excluding hydrogens is 330 g/mol. The lowest BCUT2D eigenvalue weighted by molar-refractivity contribution is 0.354. The van der Waals surface area contributed by atoms with Crippen LogP contribution in [0.15, 0.2) is 18.2 Å². The van der Waals surface area contributed by atoms with Crippen molar-refractivity contribution >= 4 is 11.8 Å². The molecule has 0 saturated carbocycles. The lowest BCUT2D eigenvalue weighted by Gasteiger charge is -2.22. The van der Waals surface area contributed by atoms with Gasteiger partial charge in [0.05, 0.1) is 26.0 Å². The first-order chi connectivity index (χ1) is 12.7. The van der Waals surface area contributed by atoms with E-state index in [1.807, 2.05) is 18.2 Å². The molecule has 7 nitrogen and oxygen atoms in total. The molecule has 3 rings (SSSR count). The van der Waals surface area contributed by atoms with E-state index in [2.05, 4.69) is 27.5 Å². The minimum Gasteiger partial charge on any atom is -0.493 e. The van der Waals surface area contributed by atoms with E-state index >= 15 is 0 Å². The quantitative estimate of drug-likeness (QED) is 0.730. The molecule has 2 heterocycles. The molecule has 0 spiro atoms. The molecule has 0 bridgehead atoms. The van der Waals surface area contributed by atoms with Gasteiger partial charge in [0, 0.05) is 18.5 Å². The second-order valence-corrected chi connectivity index (χ2v) is 6.33. The van der Waals surface area contributed by atoms with Gasteiger partial charge in [-0.05, 0) is 37.1 Å². The summed E-state index contributed by atoms with van der Waals surface area (Å²) in [5.41, 5.74) is 9.26. The highest BCUT2D eigenvalue weighted by Crippen LogP contribution is 2.33. The molecule has 2 aromatic rings. The molecule has 1 unspecified atom stereocenters. The fraction of sp³-hybridized carbons (Fsp3) is 0.474. The molecule has 26 heavy (non-hydrogen) atoms. The van der Waals surface area contributed by atoms with Gasteiger partial charge in [-0.2, -0.15) is 4.98 Å². The molecule has 0 fully saturated rings. The molecule has 0 radical (unpaired) electrons. The fourth-order valence-corrected chi connectivity index (χ4v) is 3.34. The van der Waals surface area contributed by atoms with Crippen molar-refractivity contribution < 1.29 is 9.47 Å². The van der Waals surface area contributed by atoms with Crippen LogP contribution in [0.2, 0.25) is 0 Å². The highest BCUT2D eigenvalue weighted by Gasteiger charge is 2.19. The summed E-state index contributed by atoms with van der Waals surface area (Å²) in [6, 6.07) is 6.07. The standard InChI is InChI=1S/C19H27N5O2/c1-4-14(12-5-6-16(25-2)17(11-12)26-3)22-18-13-7-9-21-10-8-15(13)23-19(20)24-18/h5-6,11,14,21H,4,7-10H2,1-3H3,(H3,20,22,23,24). The Bertz CT molecular complexity index is 766. The van der Waals surface area contributed by atoms with Crippen molar-refractivity contribution in [3.8, 4) is 11.5 Å². The zero-order valence-corrected chi connectivity index (χ0v) is 15.6. The number of hydrogen-bond donors (Lipinski definition) is 3. The van der Waals surface area contributed by atoms with Crippen molar-refractivity contribution in [2.24, 2.45) is 0 Å². The second-order valence-electron chi connectivity index (χ2n) is 6.33. The Morgan fingerprint density at radius 3 is 2.65 bits per heavy atom. The van der Waals surface area contributed by atoms with Crippen molar-refractivity contribution in [3.05, 3.63) is 35.0 Å². The van der Waals surface area contributed by atoms with Gasteiger partial charge in [0.1, 0.15) is 5.82 Å². The van der Waals surface area contributed by atoms with Crippen LogP contribution < -0.4 is 25.8 Å². The number of ether oxygens (including phenoxy) is 2. The number of nitrogen functional groups attached to an aromatic ring is 1. The topological polar surface area (TPSA) is 94.3 Å². The van der Waals surface area contributed by atoms with E-state index in [9.17, 15) is 0 Å². The summed E-state index contributed by atoms with van der Waals surface area (Å²) in [5, 5.41) is 6.98. The summed E-state index contributed by atoms with van der Waals surface area (Å²) in [5.74, 6) is 2.58. The van der Waals surface area contributed by atoms with Crippen LogP contribution in [0.1, 0.15) is 36.2 Å². The summed E-state index contributed by atoms with van der Waals surface area (Å²) in [4.78, 5) is 8.93. The van der Waals surface area contributed by atoms with Crippen LogP contribution in [0.4, 0.5) is 11.8 Å². The number of methoxy groups -OCH3 is 2. The molecule has 7 heteroatoms. The monoisotopic (exact) mass is 357 g/mol. The number of nitrogens with one attached hydrogen (secondary N) is 2. The number of hydrogen-bond acceptors (Lipinski definition) is 7. The Labute approximate surface area is 154 Å². The summed E-state index contributed by atoms with van der Waals surface area (Å²) >= 11 is 0. The second kappa shape index (κ2) is 8.23. The summed E-state index contributed by atoms with van der Waals surface area (Å²) < 4.78 is 10.8. The van der Waals surface area contributed by atoms with Crippen molar-refractivity contribution in [1.82, 2.24) is 15.3 Å². The van der Waals surface area contributed by atoms with Crippen molar-refractivity contribution in [1.29, 1.82) is 0 Å². The summed E-state index contributed by atoms with van der Waals surface area (Å²) in [6.07, 6.45) is 2.65. The molecule has 140 valence electrons. The van der Waals surface area contributed by atoms with Crippen molar-refractivity contribution in [2.45, 2.75) is 32.2 Å². The van der Waals surface area contributed by atoms with Gasteiger partial charge < -0.3 is 25.8 Å². The SMILES string of the molecule is CCC(Nc1nc(N)nc2c1CCNCC2)c1ccc(OC)c(OC)c1. The molecule has 1 atom stereocenters. The van der Waals surface area contributed by atoms with Gasteiger partial charge in [-0.3, -0.25) is 0 Å². The summed E-state index contributed by atoms with van der Waals surface area (Å²) in [6.45, 7) is 3.97. The Kier molecular flexibility index (Phi) is 5.78. The van der Waals surface area contributed by atoms with Gasteiger partial charge in [0.25, 0.3) is 0 Å². The zero-order valence-electron chi connectivity index (χ0n) is 15.6. The molecular formula is C19H27N5O2. The number of fused-ring (bicyclic) bond motifs is 1. The van der Waals surface area contributed by atoms with Crippen molar-refractivity contribution in [2.75, 3.05) is 38.4 Å². The average molecular weight is 357 g/mol. The molecule has 1 aliphatic heterocycles. The maximum Gasteiger partial charge on any atom is 0.222 e. The molecule has 1 aromatic heterocycles. The maximum atomic E-state index is 5.95. The summed E-state index contributed by atoms with van der Waals surface area (Å²) in [7, 11) is 3.29. The van der Waals surface area contributed by atoms with E-state index in [1.54, 1.807) is 14.2 Å². The van der Waals surface area contributed by atoms with Crippen LogP contribution in [-0.2, 0) is 12.8 Å². The van der Waals surface area contributed by atoms with Gasteiger partial charge in [0.2, 0.25) is 5.95 Å². The molecule has 1 aliphatic rings. The van der Waals surface area contributed by atoms with Crippen LogP contribution in [0, 0.1) is 0 Å². The van der Waals surface area contributed by atoms with Gasteiger partial charge >= 0.3 is 0 Å².